The SMILES string of the molecule is CCCCCCCCCCOC(C)COCCOCS(=O)(=O)[O-].[Na+]. The average molecular weight is 376 g/mol. The first-order valence-corrected chi connectivity index (χ1v) is 10.2. The van der Waals surface area contributed by atoms with E-state index in [0.717, 1.165) is 13.0 Å². The second-order valence-electron chi connectivity index (χ2n) is 5.81. The quantitative estimate of drug-likeness (QED) is 0.203. The van der Waals surface area contributed by atoms with E-state index in [1.54, 1.807) is 0 Å². The standard InChI is InChI=1S/C16H34O6S.Na/c1-3-4-5-6-7-8-9-10-11-22-16(2)14-20-12-13-21-15-23(17,18)19;/h16H,3-15H2,1-2H3,(H,17,18,19);/q;+1/p-1. The second-order valence-corrected chi connectivity index (χ2v) is 7.17. The van der Waals surface area contributed by atoms with Crippen molar-refractivity contribution in [1.29, 1.82) is 0 Å². The fraction of sp³-hybridized carbons (Fsp3) is 1.00. The molecule has 0 saturated carbocycles. The summed E-state index contributed by atoms with van der Waals surface area (Å²) in [6, 6.07) is 0. The van der Waals surface area contributed by atoms with Gasteiger partial charge in [-0.05, 0) is 13.3 Å². The molecule has 0 aliphatic rings. The molecule has 0 aromatic rings. The topological polar surface area (TPSA) is 84.9 Å². The van der Waals surface area contributed by atoms with E-state index < -0.39 is 16.1 Å². The molecule has 140 valence electrons. The van der Waals surface area contributed by atoms with Gasteiger partial charge in [0, 0.05) is 6.61 Å². The van der Waals surface area contributed by atoms with Crippen LogP contribution in [0.1, 0.15) is 65.2 Å². The minimum atomic E-state index is -4.31. The van der Waals surface area contributed by atoms with Gasteiger partial charge in [0.1, 0.15) is 16.1 Å². The first-order valence-electron chi connectivity index (χ1n) is 8.66. The Bertz CT molecular complexity index is 350. The van der Waals surface area contributed by atoms with E-state index in [-0.39, 0.29) is 48.9 Å². The third kappa shape index (κ3) is 22.8. The van der Waals surface area contributed by atoms with Gasteiger partial charge in [0.15, 0.2) is 0 Å². The van der Waals surface area contributed by atoms with Crippen LogP contribution in [0, 0.1) is 0 Å². The maximum absolute atomic E-state index is 10.3. The maximum Gasteiger partial charge on any atom is 1.00 e. The van der Waals surface area contributed by atoms with Gasteiger partial charge in [-0.25, -0.2) is 8.42 Å². The van der Waals surface area contributed by atoms with Crippen molar-refractivity contribution in [3.05, 3.63) is 0 Å². The Hall–Kier alpha value is 0.790. The molecule has 0 amide bonds. The van der Waals surface area contributed by atoms with Gasteiger partial charge in [-0.1, -0.05) is 51.9 Å². The zero-order valence-corrected chi connectivity index (χ0v) is 18.4. The number of hydrogen-bond acceptors (Lipinski definition) is 6. The molecule has 0 aliphatic carbocycles. The van der Waals surface area contributed by atoms with Crippen LogP contribution in [-0.2, 0) is 24.3 Å². The van der Waals surface area contributed by atoms with Crippen LogP contribution in [0.4, 0.5) is 0 Å². The van der Waals surface area contributed by atoms with Crippen LogP contribution in [0.2, 0.25) is 0 Å². The van der Waals surface area contributed by atoms with Crippen molar-refractivity contribution in [3.8, 4) is 0 Å². The third-order valence-electron chi connectivity index (χ3n) is 3.35. The van der Waals surface area contributed by atoms with E-state index in [1.165, 1.54) is 44.9 Å². The van der Waals surface area contributed by atoms with Gasteiger partial charge >= 0.3 is 29.6 Å². The second kappa shape index (κ2) is 18.6. The predicted octanol–water partition coefficient (Wildman–Crippen LogP) is 0.0721. The molecule has 0 rings (SSSR count). The Kier molecular flexibility index (Phi) is 20.9. The van der Waals surface area contributed by atoms with Gasteiger partial charge in [-0.3, -0.25) is 0 Å². The Morgan fingerprint density at radius 2 is 1.42 bits per heavy atom. The molecule has 0 heterocycles. The van der Waals surface area contributed by atoms with Crippen molar-refractivity contribution < 1.29 is 56.7 Å². The number of rotatable bonds is 17. The number of unbranched alkanes of at least 4 members (excludes halogenated alkanes) is 7. The summed E-state index contributed by atoms with van der Waals surface area (Å²) in [6.07, 6.45) is 10.2. The molecule has 8 heteroatoms. The van der Waals surface area contributed by atoms with Crippen LogP contribution in [0.25, 0.3) is 0 Å². The van der Waals surface area contributed by atoms with Crippen molar-refractivity contribution in [1.82, 2.24) is 0 Å². The average Bonchev–Trinajstić information content (AvgIpc) is 2.48. The Balaban J connectivity index is 0. The summed E-state index contributed by atoms with van der Waals surface area (Å²) in [5, 5.41) is 0. The normalized spacial score (nSPS) is 12.8. The van der Waals surface area contributed by atoms with Crippen LogP contribution in [0.15, 0.2) is 0 Å². The minimum absolute atomic E-state index is 0. The fourth-order valence-corrected chi connectivity index (χ4v) is 2.42. The van der Waals surface area contributed by atoms with Crippen molar-refractivity contribution in [3.63, 3.8) is 0 Å². The Labute approximate surface area is 170 Å². The molecular weight excluding hydrogens is 343 g/mol. The van der Waals surface area contributed by atoms with Crippen molar-refractivity contribution in [2.75, 3.05) is 32.4 Å². The van der Waals surface area contributed by atoms with Gasteiger partial charge in [0.05, 0.1) is 25.9 Å². The maximum atomic E-state index is 10.3. The summed E-state index contributed by atoms with van der Waals surface area (Å²) in [7, 11) is -4.31. The molecular formula is C16H33NaO6S. The summed E-state index contributed by atoms with van der Waals surface area (Å²) in [4.78, 5) is 0. The molecule has 0 spiro atoms. The molecule has 0 aromatic heterocycles. The largest absolute Gasteiger partial charge is 1.00 e. The molecule has 0 bridgehead atoms. The van der Waals surface area contributed by atoms with Crippen molar-refractivity contribution in [2.24, 2.45) is 0 Å². The predicted molar refractivity (Wildman–Crippen MR) is 89.4 cm³/mol. The fourth-order valence-electron chi connectivity index (χ4n) is 2.10. The monoisotopic (exact) mass is 376 g/mol. The van der Waals surface area contributed by atoms with Gasteiger partial charge in [0.25, 0.3) is 0 Å². The van der Waals surface area contributed by atoms with Crippen molar-refractivity contribution in [2.45, 2.75) is 71.3 Å². The number of hydrogen-bond donors (Lipinski definition) is 0. The number of ether oxygens (including phenoxy) is 3. The van der Waals surface area contributed by atoms with Gasteiger partial charge in [-0.2, -0.15) is 0 Å². The third-order valence-corrected chi connectivity index (χ3v) is 3.81. The molecule has 0 saturated heterocycles. The van der Waals surface area contributed by atoms with Crippen molar-refractivity contribution >= 4 is 10.1 Å². The summed E-state index contributed by atoms with van der Waals surface area (Å²) < 4.78 is 46.5. The Morgan fingerprint density at radius 1 is 0.875 bits per heavy atom. The smallest absolute Gasteiger partial charge is 0.746 e. The molecule has 0 fully saturated rings. The van der Waals surface area contributed by atoms with Gasteiger partial charge < -0.3 is 18.8 Å². The van der Waals surface area contributed by atoms with E-state index >= 15 is 0 Å². The van der Waals surface area contributed by atoms with Crippen LogP contribution < -0.4 is 29.6 Å². The molecule has 24 heavy (non-hydrogen) atoms. The van der Waals surface area contributed by atoms with Crippen LogP contribution >= 0.6 is 0 Å². The van der Waals surface area contributed by atoms with E-state index in [1.807, 2.05) is 6.92 Å². The molecule has 0 aliphatic heterocycles. The zero-order valence-electron chi connectivity index (χ0n) is 15.6. The molecule has 0 N–H and O–H groups in total. The van der Waals surface area contributed by atoms with Crippen LogP contribution in [0.5, 0.6) is 0 Å². The van der Waals surface area contributed by atoms with Gasteiger partial charge in [0.2, 0.25) is 0 Å². The summed E-state index contributed by atoms with van der Waals surface area (Å²) in [6.45, 7) is 5.68. The summed E-state index contributed by atoms with van der Waals surface area (Å²) in [5.74, 6) is -0.805. The molecule has 0 aromatic carbocycles. The van der Waals surface area contributed by atoms with Crippen LogP contribution in [-0.4, -0.2) is 51.4 Å². The van der Waals surface area contributed by atoms with Crippen LogP contribution in [0.3, 0.4) is 0 Å². The van der Waals surface area contributed by atoms with Gasteiger partial charge in [-0.15, -0.1) is 0 Å². The summed E-state index contributed by atoms with van der Waals surface area (Å²) in [5.41, 5.74) is 0. The minimum Gasteiger partial charge on any atom is -0.746 e. The summed E-state index contributed by atoms with van der Waals surface area (Å²) >= 11 is 0. The molecule has 1 atom stereocenters. The van der Waals surface area contributed by atoms with E-state index in [2.05, 4.69) is 11.7 Å². The van der Waals surface area contributed by atoms with E-state index in [9.17, 15) is 13.0 Å². The Morgan fingerprint density at radius 3 is 2.00 bits per heavy atom. The molecule has 0 radical (unpaired) electrons. The first kappa shape index (κ1) is 27.0. The van der Waals surface area contributed by atoms with E-state index in [0.29, 0.717) is 6.61 Å². The molecule has 1 unspecified atom stereocenters. The first-order chi connectivity index (χ1) is 11.0. The zero-order chi connectivity index (χ0) is 17.4. The van der Waals surface area contributed by atoms with E-state index in [4.69, 9.17) is 9.47 Å². The molecule has 6 nitrogen and oxygen atoms in total.